The number of likely N-dealkylation sites (tertiary alicyclic amines) is 1. The van der Waals surface area contributed by atoms with Crippen molar-refractivity contribution >= 4 is 22.7 Å². The van der Waals surface area contributed by atoms with Crippen molar-refractivity contribution in [2.24, 2.45) is 5.92 Å². The first-order chi connectivity index (χ1) is 16.0. The van der Waals surface area contributed by atoms with Crippen LogP contribution < -0.4 is 5.32 Å². The minimum absolute atomic E-state index is 0.0185. The van der Waals surface area contributed by atoms with E-state index in [1.165, 1.54) is 0 Å². The first-order valence-electron chi connectivity index (χ1n) is 11.9. The molecule has 34 heavy (non-hydrogen) atoms. The fourth-order valence-corrected chi connectivity index (χ4v) is 5.25. The van der Waals surface area contributed by atoms with Gasteiger partial charge in [0.1, 0.15) is 11.7 Å². The molecule has 0 bridgehead atoms. The molecule has 0 spiro atoms. The minimum atomic E-state index is -4.23. The molecule has 1 saturated heterocycles. The van der Waals surface area contributed by atoms with Crippen molar-refractivity contribution in [3.8, 4) is 6.07 Å². The Labute approximate surface area is 197 Å². The molecule has 1 aromatic carbocycles. The summed E-state index contributed by atoms with van der Waals surface area (Å²) in [6, 6.07) is 5.62. The number of halogens is 3. The zero-order chi connectivity index (χ0) is 24.7. The summed E-state index contributed by atoms with van der Waals surface area (Å²) in [6.45, 7) is 6.91. The first-order valence-corrected chi connectivity index (χ1v) is 11.9. The van der Waals surface area contributed by atoms with Gasteiger partial charge in [0.15, 0.2) is 0 Å². The second kappa shape index (κ2) is 9.05. The normalized spacial score (nSPS) is 20.8. The van der Waals surface area contributed by atoms with Crippen LogP contribution in [0.1, 0.15) is 63.3 Å². The third-order valence-corrected chi connectivity index (χ3v) is 6.95. The molecule has 184 valence electrons. The average molecular weight is 477 g/mol. The standard InChI is InChI=1S/C25H31F3N4O2/c1-4-10-24(2,3)34-23(33)32-11-9-17(14-32)30-19-8-5-15(13-29)22-21(19)18-7-6-16(25(26,27)28)12-20(18)31-22/h5,8,16-17,30-31H,4,6-7,9-12,14H2,1-3H3/t16?,17-/m0/s1. The molecule has 2 atom stereocenters. The van der Waals surface area contributed by atoms with E-state index >= 15 is 0 Å². The molecule has 1 aliphatic heterocycles. The highest BCUT2D eigenvalue weighted by molar-refractivity contribution is 5.99. The van der Waals surface area contributed by atoms with Crippen molar-refractivity contribution in [3.05, 3.63) is 29.0 Å². The van der Waals surface area contributed by atoms with E-state index in [1.54, 1.807) is 11.0 Å². The Bertz CT molecular complexity index is 1120. The number of carbonyl (C=O) groups is 1. The van der Waals surface area contributed by atoms with Crippen molar-refractivity contribution < 1.29 is 22.7 Å². The highest BCUT2D eigenvalue weighted by Gasteiger charge is 2.42. The van der Waals surface area contributed by atoms with Gasteiger partial charge in [0.25, 0.3) is 0 Å². The molecule has 1 amide bonds. The Hall–Kier alpha value is -2.89. The SMILES string of the molecule is CCCC(C)(C)OC(=O)N1CC[C@H](Nc2ccc(C#N)c3[nH]c4c(c23)CCC(C(F)(F)F)C4)C1. The van der Waals surface area contributed by atoms with Crippen LogP contribution in [0.25, 0.3) is 10.9 Å². The van der Waals surface area contributed by atoms with E-state index in [-0.39, 0.29) is 25.0 Å². The summed E-state index contributed by atoms with van der Waals surface area (Å²) in [7, 11) is 0. The van der Waals surface area contributed by atoms with Crippen molar-refractivity contribution in [1.82, 2.24) is 9.88 Å². The minimum Gasteiger partial charge on any atom is -0.443 e. The van der Waals surface area contributed by atoms with Gasteiger partial charge in [-0.25, -0.2) is 4.79 Å². The number of aromatic amines is 1. The summed E-state index contributed by atoms with van der Waals surface area (Å²) in [5.41, 5.74) is 2.66. The van der Waals surface area contributed by atoms with Crippen LogP contribution in [-0.4, -0.2) is 46.9 Å². The molecule has 2 N–H and O–H groups in total. The van der Waals surface area contributed by atoms with Gasteiger partial charge in [-0.3, -0.25) is 0 Å². The smallest absolute Gasteiger partial charge is 0.410 e. The van der Waals surface area contributed by atoms with Crippen LogP contribution in [0.15, 0.2) is 12.1 Å². The van der Waals surface area contributed by atoms with E-state index < -0.39 is 17.7 Å². The number of alkyl halides is 3. The molecular weight excluding hydrogens is 445 g/mol. The monoisotopic (exact) mass is 476 g/mol. The average Bonchev–Trinajstić information content (AvgIpc) is 3.37. The fourth-order valence-electron chi connectivity index (χ4n) is 5.25. The number of ether oxygens (including phenoxy) is 1. The van der Waals surface area contributed by atoms with E-state index in [9.17, 15) is 23.2 Å². The van der Waals surface area contributed by atoms with Crippen LogP contribution in [0.2, 0.25) is 0 Å². The quantitative estimate of drug-likeness (QED) is 0.562. The van der Waals surface area contributed by atoms with E-state index in [0.717, 1.165) is 35.9 Å². The number of aromatic nitrogens is 1. The molecular formula is C25H31F3N4O2. The number of aryl methyl sites for hydroxylation is 1. The lowest BCUT2D eigenvalue weighted by Crippen LogP contribution is -2.38. The second-order valence-electron chi connectivity index (χ2n) is 10.0. The van der Waals surface area contributed by atoms with Gasteiger partial charge >= 0.3 is 12.3 Å². The third kappa shape index (κ3) is 4.82. The summed E-state index contributed by atoms with van der Waals surface area (Å²) < 4.78 is 45.6. The van der Waals surface area contributed by atoms with Crippen LogP contribution in [0.3, 0.4) is 0 Å². The summed E-state index contributed by atoms with van der Waals surface area (Å²) >= 11 is 0. The number of nitrogens with zero attached hydrogens (tertiary/aromatic N) is 2. The van der Waals surface area contributed by atoms with Crippen molar-refractivity contribution in [2.45, 2.75) is 77.1 Å². The van der Waals surface area contributed by atoms with E-state index in [2.05, 4.69) is 16.4 Å². The van der Waals surface area contributed by atoms with Gasteiger partial charge in [0, 0.05) is 35.9 Å². The van der Waals surface area contributed by atoms with E-state index in [1.807, 2.05) is 26.8 Å². The molecule has 0 radical (unpaired) electrons. The van der Waals surface area contributed by atoms with Crippen LogP contribution >= 0.6 is 0 Å². The molecule has 2 heterocycles. The third-order valence-electron chi connectivity index (χ3n) is 6.95. The number of nitriles is 1. The number of anilines is 1. The Balaban J connectivity index is 1.54. The van der Waals surface area contributed by atoms with Gasteiger partial charge in [-0.1, -0.05) is 13.3 Å². The van der Waals surface area contributed by atoms with Crippen molar-refractivity contribution in [2.75, 3.05) is 18.4 Å². The van der Waals surface area contributed by atoms with Gasteiger partial charge in [-0.15, -0.1) is 0 Å². The number of hydrogen-bond acceptors (Lipinski definition) is 4. The van der Waals surface area contributed by atoms with Crippen LogP contribution in [0, 0.1) is 17.2 Å². The van der Waals surface area contributed by atoms with Gasteiger partial charge < -0.3 is 19.9 Å². The Morgan fingerprint density at radius 3 is 2.76 bits per heavy atom. The maximum absolute atomic E-state index is 13.3. The van der Waals surface area contributed by atoms with Gasteiger partial charge in [0.05, 0.1) is 17.0 Å². The van der Waals surface area contributed by atoms with Crippen molar-refractivity contribution in [1.29, 1.82) is 5.26 Å². The summed E-state index contributed by atoms with van der Waals surface area (Å²) in [5, 5.41) is 13.8. The molecule has 9 heteroatoms. The summed E-state index contributed by atoms with van der Waals surface area (Å²) in [5.74, 6) is -1.37. The number of fused-ring (bicyclic) bond motifs is 3. The van der Waals surface area contributed by atoms with Crippen LogP contribution in [0.4, 0.5) is 23.7 Å². The van der Waals surface area contributed by atoms with Crippen molar-refractivity contribution in [3.63, 3.8) is 0 Å². The Kier molecular flexibility index (Phi) is 6.45. The molecule has 1 unspecified atom stereocenters. The zero-order valence-electron chi connectivity index (χ0n) is 19.8. The molecule has 2 aromatic rings. The van der Waals surface area contributed by atoms with Gasteiger partial charge in [-0.05, 0) is 63.6 Å². The molecule has 1 aromatic heterocycles. The number of H-pyrrole nitrogens is 1. The number of nitrogens with one attached hydrogen (secondary N) is 2. The molecule has 2 aliphatic rings. The number of hydrogen-bond donors (Lipinski definition) is 2. The molecule has 1 aliphatic carbocycles. The Morgan fingerprint density at radius 2 is 2.09 bits per heavy atom. The highest BCUT2D eigenvalue weighted by atomic mass is 19.4. The number of benzene rings is 1. The maximum atomic E-state index is 13.3. The lowest BCUT2D eigenvalue weighted by molar-refractivity contribution is -0.177. The van der Waals surface area contributed by atoms with Gasteiger partial charge in [-0.2, -0.15) is 18.4 Å². The van der Waals surface area contributed by atoms with Crippen LogP contribution in [-0.2, 0) is 17.6 Å². The summed E-state index contributed by atoms with van der Waals surface area (Å²) in [6.07, 6.45) is -1.89. The molecule has 4 rings (SSSR count). The summed E-state index contributed by atoms with van der Waals surface area (Å²) in [4.78, 5) is 17.4. The highest BCUT2D eigenvalue weighted by Crippen LogP contribution is 2.42. The number of rotatable bonds is 5. The first kappa shape index (κ1) is 24.2. The topological polar surface area (TPSA) is 81.2 Å². The van der Waals surface area contributed by atoms with E-state index in [0.29, 0.717) is 36.3 Å². The fraction of sp³-hybridized carbons (Fsp3) is 0.600. The second-order valence-corrected chi connectivity index (χ2v) is 10.0. The Morgan fingerprint density at radius 1 is 1.32 bits per heavy atom. The number of carbonyl (C=O) groups excluding carboxylic acids is 1. The maximum Gasteiger partial charge on any atom is 0.410 e. The number of amides is 1. The predicted octanol–water partition coefficient (Wildman–Crippen LogP) is 5.91. The largest absolute Gasteiger partial charge is 0.443 e. The zero-order valence-corrected chi connectivity index (χ0v) is 19.8. The van der Waals surface area contributed by atoms with E-state index in [4.69, 9.17) is 4.74 Å². The lowest BCUT2D eigenvalue weighted by Gasteiger charge is -2.28. The van der Waals surface area contributed by atoms with Gasteiger partial charge in [0.2, 0.25) is 0 Å². The molecule has 6 nitrogen and oxygen atoms in total. The predicted molar refractivity (Wildman–Crippen MR) is 124 cm³/mol. The molecule has 0 saturated carbocycles. The van der Waals surface area contributed by atoms with Crippen LogP contribution in [0.5, 0.6) is 0 Å². The lowest BCUT2D eigenvalue weighted by atomic mass is 9.86. The molecule has 1 fully saturated rings.